The first kappa shape index (κ1) is 19.2. The number of hydrogen-bond acceptors (Lipinski definition) is 3. The summed E-state index contributed by atoms with van der Waals surface area (Å²) in [5.41, 5.74) is 0. The molecule has 0 heterocycles. The summed E-state index contributed by atoms with van der Waals surface area (Å²) in [6.07, 6.45) is 4.81. The topological polar surface area (TPSA) is 70.6 Å². The van der Waals surface area contributed by atoms with Crippen molar-refractivity contribution in [1.82, 2.24) is 10.6 Å². The maximum atomic E-state index is 12.1. The second-order valence-electron chi connectivity index (χ2n) is 5.26. The molecule has 0 unspecified atom stereocenters. The minimum Gasteiger partial charge on any atom is -0.355 e. The minimum atomic E-state index is -3.24. The third-order valence-electron chi connectivity index (χ3n) is 3.69. The highest BCUT2D eigenvalue weighted by atomic mass is 127. The second-order valence-corrected chi connectivity index (χ2v) is 7.37. The Morgan fingerprint density at radius 3 is 2.45 bits per heavy atom. The molecule has 0 aromatic heterocycles. The summed E-state index contributed by atoms with van der Waals surface area (Å²) in [6.45, 7) is 0.351. The van der Waals surface area contributed by atoms with Crippen LogP contribution in [0.1, 0.15) is 25.7 Å². The van der Waals surface area contributed by atoms with E-state index in [2.05, 4.69) is 15.6 Å². The molecular formula is C15H24IN3O2S. The van der Waals surface area contributed by atoms with E-state index in [1.807, 2.05) is 6.07 Å². The molecule has 1 aliphatic rings. The number of halogens is 1. The van der Waals surface area contributed by atoms with Crippen molar-refractivity contribution < 1.29 is 8.42 Å². The molecule has 0 bridgehead atoms. The second kappa shape index (κ2) is 9.34. The summed E-state index contributed by atoms with van der Waals surface area (Å²) in [7, 11) is -1.53. The van der Waals surface area contributed by atoms with Gasteiger partial charge in [0.1, 0.15) is 0 Å². The van der Waals surface area contributed by atoms with E-state index in [-0.39, 0.29) is 29.7 Å². The molecular weight excluding hydrogens is 413 g/mol. The summed E-state index contributed by atoms with van der Waals surface area (Å²) in [6, 6.07) is 9.00. The highest BCUT2D eigenvalue weighted by molar-refractivity contribution is 14.0. The van der Waals surface area contributed by atoms with E-state index < -0.39 is 9.84 Å². The molecule has 124 valence electrons. The Balaban J connectivity index is 0.00000242. The number of sulfone groups is 1. The van der Waals surface area contributed by atoms with Gasteiger partial charge >= 0.3 is 0 Å². The van der Waals surface area contributed by atoms with Crippen molar-refractivity contribution >= 4 is 39.8 Å². The third-order valence-corrected chi connectivity index (χ3v) is 5.42. The number of benzene rings is 1. The monoisotopic (exact) mass is 437 g/mol. The lowest BCUT2D eigenvalue weighted by atomic mass is 10.2. The van der Waals surface area contributed by atoms with Crippen LogP contribution < -0.4 is 10.6 Å². The van der Waals surface area contributed by atoms with Gasteiger partial charge in [0.15, 0.2) is 15.8 Å². The fourth-order valence-corrected chi connectivity index (χ4v) is 3.69. The average molecular weight is 437 g/mol. The predicted molar refractivity (Wildman–Crippen MR) is 101 cm³/mol. The molecule has 0 atom stereocenters. The standard InChI is InChI=1S/C15H23N3O2S.HI/c1-16-15(18-13-7-5-6-8-13)17-11-12-21(19,20)14-9-3-2-4-10-14;/h2-4,9-10,13H,5-8,11-12H2,1H3,(H2,16,17,18);1H. The Labute approximate surface area is 149 Å². The molecule has 1 aromatic rings. The van der Waals surface area contributed by atoms with Crippen LogP contribution in [0, 0.1) is 0 Å². The lowest BCUT2D eigenvalue weighted by Crippen LogP contribution is -2.43. The molecule has 22 heavy (non-hydrogen) atoms. The summed E-state index contributed by atoms with van der Waals surface area (Å²) in [4.78, 5) is 4.51. The van der Waals surface area contributed by atoms with E-state index in [0.717, 1.165) is 12.8 Å². The van der Waals surface area contributed by atoms with E-state index in [4.69, 9.17) is 0 Å². The summed E-state index contributed by atoms with van der Waals surface area (Å²) in [5, 5.41) is 6.42. The summed E-state index contributed by atoms with van der Waals surface area (Å²) >= 11 is 0. The molecule has 0 amide bonds. The van der Waals surface area contributed by atoms with Crippen LogP contribution in [-0.2, 0) is 9.84 Å². The SMILES string of the molecule is CN=C(NCCS(=O)(=O)c1ccccc1)NC1CCCC1.I. The molecule has 0 spiro atoms. The normalized spacial score (nSPS) is 16.1. The molecule has 2 rings (SSSR count). The van der Waals surface area contributed by atoms with Crippen LogP contribution in [0.4, 0.5) is 0 Å². The molecule has 5 nitrogen and oxygen atoms in total. The first-order valence-corrected chi connectivity index (χ1v) is 9.02. The van der Waals surface area contributed by atoms with Gasteiger partial charge in [0.2, 0.25) is 0 Å². The maximum Gasteiger partial charge on any atom is 0.191 e. The van der Waals surface area contributed by atoms with Crippen molar-refractivity contribution in [2.24, 2.45) is 4.99 Å². The molecule has 7 heteroatoms. The van der Waals surface area contributed by atoms with Crippen molar-refractivity contribution in [2.75, 3.05) is 19.3 Å². The number of guanidine groups is 1. The average Bonchev–Trinajstić information content (AvgIpc) is 3.00. The van der Waals surface area contributed by atoms with E-state index in [1.54, 1.807) is 31.3 Å². The Bertz CT molecular complexity index is 570. The van der Waals surface area contributed by atoms with E-state index >= 15 is 0 Å². The zero-order valence-corrected chi connectivity index (χ0v) is 15.9. The van der Waals surface area contributed by atoms with Crippen molar-refractivity contribution in [2.45, 2.75) is 36.6 Å². The number of hydrogen-bond donors (Lipinski definition) is 2. The van der Waals surface area contributed by atoms with Gasteiger partial charge in [0, 0.05) is 19.6 Å². The van der Waals surface area contributed by atoms with Gasteiger partial charge < -0.3 is 10.6 Å². The lowest BCUT2D eigenvalue weighted by Gasteiger charge is -2.16. The highest BCUT2D eigenvalue weighted by Gasteiger charge is 2.17. The Morgan fingerprint density at radius 1 is 1.23 bits per heavy atom. The number of aliphatic imine (C=N–C) groups is 1. The first-order chi connectivity index (χ1) is 10.1. The zero-order chi connectivity index (χ0) is 15.1. The van der Waals surface area contributed by atoms with Crippen LogP contribution in [0.25, 0.3) is 0 Å². The van der Waals surface area contributed by atoms with Gasteiger partial charge in [-0.15, -0.1) is 24.0 Å². The third kappa shape index (κ3) is 5.75. The molecule has 0 saturated heterocycles. The van der Waals surface area contributed by atoms with Gasteiger partial charge in [-0.1, -0.05) is 31.0 Å². The van der Waals surface area contributed by atoms with Gasteiger partial charge in [-0.25, -0.2) is 8.42 Å². The minimum absolute atomic E-state index is 0. The molecule has 0 radical (unpaired) electrons. The van der Waals surface area contributed by atoms with E-state index in [0.29, 0.717) is 23.4 Å². The first-order valence-electron chi connectivity index (χ1n) is 7.37. The van der Waals surface area contributed by atoms with Crippen LogP contribution in [0.15, 0.2) is 40.2 Å². The number of nitrogens with one attached hydrogen (secondary N) is 2. The number of nitrogens with zero attached hydrogens (tertiary/aromatic N) is 1. The van der Waals surface area contributed by atoms with Gasteiger partial charge in [0.25, 0.3) is 0 Å². The lowest BCUT2D eigenvalue weighted by molar-refractivity contribution is 0.592. The quantitative estimate of drug-likeness (QED) is 0.421. The van der Waals surface area contributed by atoms with Crippen molar-refractivity contribution in [3.63, 3.8) is 0 Å². The largest absolute Gasteiger partial charge is 0.355 e. The zero-order valence-electron chi connectivity index (χ0n) is 12.8. The highest BCUT2D eigenvalue weighted by Crippen LogP contribution is 2.17. The Kier molecular flexibility index (Phi) is 8.16. The Morgan fingerprint density at radius 2 is 1.86 bits per heavy atom. The van der Waals surface area contributed by atoms with Crippen molar-refractivity contribution in [1.29, 1.82) is 0 Å². The molecule has 0 aliphatic heterocycles. The van der Waals surface area contributed by atoms with Crippen LogP contribution in [0.2, 0.25) is 0 Å². The molecule has 1 saturated carbocycles. The summed E-state index contributed by atoms with van der Waals surface area (Å²) < 4.78 is 24.3. The molecule has 1 aliphatic carbocycles. The van der Waals surface area contributed by atoms with Gasteiger partial charge in [0.05, 0.1) is 10.6 Å². The van der Waals surface area contributed by atoms with Crippen LogP contribution >= 0.6 is 24.0 Å². The van der Waals surface area contributed by atoms with Crippen molar-refractivity contribution in [3.05, 3.63) is 30.3 Å². The maximum absolute atomic E-state index is 12.1. The Hall–Kier alpha value is -0.830. The predicted octanol–water partition coefficient (Wildman–Crippen LogP) is 2.19. The molecule has 1 fully saturated rings. The number of rotatable bonds is 5. The fraction of sp³-hybridized carbons (Fsp3) is 0.533. The smallest absolute Gasteiger partial charge is 0.191 e. The van der Waals surface area contributed by atoms with Crippen molar-refractivity contribution in [3.8, 4) is 0 Å². The van der Waals surface area contributed by atoms with Crippen LogP contribution in [0.5, 0.6) is 0 Å². The van der Waals surface area contributed by atoms with E-state index in [1.165, 1.54) is 12.8 Å². The fourth-order valence-electron chi connectivity index (χ4n) is 2.51. The van der Waals surface area contributed by atoms with Crippen LogP contribution in [0.3, 0.4) is 0 Å². The summed E-state index contributed by atoms with van der Waals surface area (Å²) in [5.74, 6) is 0.743. The van der Waals surface area contributed by atoms with Gasteiger partial charge in [-0.05, 0) is 25.0 Å². The molecule has 2 N–H and O–H groups in total. The van der Waals surface area contributed by atoms with Gasteiger partial charge in [-0.3, -0.25) is 4.99 Å². The van der Waals surface area contributed by atoms with Gasteiger partial charge in [-0.2, -0.15) is 0 Å². The van der Waals surface area contributed by atoms with Crippen LogP contribution in [-0.4, -0.2) is 39.8 Å². The van der Waals surface area contributed by atoms with E-state index in [9.17, 15) is 8.42 Å². The molecule has 1 aromatic carbocycles.